The Morgan fingerprint density at radius 3 is 2.66 bits per heavy atom. The predicted octanol–water partition coefficient (Wildman–Crippen LogP) is 4.62. The van der Waals surface area contributed by atoms with Gasteiger partial charge in [0.05, 0.1) is 17.2 Å². The Morgan fingerprint density at radius 2 is 1.93 bits per heavy atom. The molecule has 0 unspecified atom stereocenters. The van der Waals surface area contributed by atoms with Crippen LogP contribution in [0.5, 0.6) is 5.75 Å². The standard InChI is InChI=1S/C22H22N2O3S2/c1-3-27-18-7-5-4-6-17(18)23-20(25)12-13-24-21(26)19(29-22(24)28)14-16-10-8-15(2)9-11-16/h4-11,14H,3,12-13H2,1-2H3,(H,23,25)/b19-14+. The SMILES string of the molecule is CCOc1ccccc1NC(=O)CCN1C(=O)/C(=C\c2ccc(C)cc2)SC1=S. The van der Waals surface area contributed by atoms with Gasteiger partial charge in [0.1, 0.15) is 10.1 Å². The molecule has 1 aliphatic heterocycles. The van der Waals surface area contributed by atoms with Crippen molar-refractivity contribution in [2.75, 3.05) is 18.5 Å². The molecule has 2 aromatic rings. The third-order valence-corrected chi connectivity index (χ3v) is 5.65. The lowest BCUT2D eigenvalue weighted by Gasteiger charge is -2.15. The minimum Gasteiger partial charge on any atom is -0.492 e. The van der Waals surface area contributed by atoms with E-state index in [4.69, 9.17) is 17.0 Å². The summed E-state index contributed by atoms with van der Waals surface area (Å²) in [5.74, 6) is 0.256. The van der Waals surface area contributed by atoms with Crippen LogP contribution in [0.3, 0.4) is 0 Å². The molecule has 2 aromatic carbocycles. The fourth-order valence-electron chi connectivity index (χ4n) is 2.78. The van der Waals surface area contributed by atoms with Crippen molar-refractivity contribution in [3.8, 4) is 5.75 Å². The first-order valence-electron chi connectivity index (χ1n) is 9.31. The van der Waals surface area contributed by atoms with E-state index in [-0.39, 0.29) is 24.8 Å². The van der Waals surface area contributed by atoms with Crippen LogP contribution < -0.4 is 10.1 Å². The maximum absolute atomic E-state index is 12.7. The lowest BCUT2D eigenvalue weighted by atomic mass is 10.1. The molecule has 0 aromatic heterocycles. The van der Waals surface area contributed by atoms with Crippen molar-refractivity contribution in [3.05, 3.63) is 64.6 Å². The van der Waals surface area contributed by atoms with Crippen LogP contribution in [0.1, 0.15) is 24.5 Å². The number of nitrogens with zero attached hydrogens (tertiary/aromatic N) is 1. The second-order valence-corrected chi connectivity index (χ2v) is 8.15. The molecule has 0 radical (unpaired) electrons. The molecule has 1 saturated heterocycles. The number of carbonyl (C=O) groups is 2. The average molecular weight is 427 g/mol. The molecule has 2 amide bonds. The van der Waals surface area contributed by atoms with Gasteiger partial charge in [-0.1, -0.05) is 65.9 Å². The fraction of sp³-hybridized carbons (Fsp3) is 0.227. The monoisotopic (exact) mass is 426 g/mol. The van der Waals surface area contributed by atoms with Crippen LogP contribution in [0.4, 0.5) is 5.69 Å². The topological polar surface area (TPSA) is 58.6 Å². The van der Waals surface area contributed by atoms with Gasteiger partial charge in [0.15, 0.2) is 0 Å². The number of thiocarbonyl (C=S) groups is 1. The molecule has 1 heterocycles. The number of hydrogen-bond donors (Lipinski definition) is 1. The van der Waals surface area contributed by atoms with Gasteiger partial charge in [-0.15, -0.1) is 0 Å². The Morgan fingerprint density at radius 1 is 1.21 bits per heavy atom. The average Bonchev–Trinajstić information content (AvgIpc) is 2.96. The summed E-state index contributed by atoms with van der Waals surface area (Å²) in [7, 11) is 0. The van der Waals surface area contributed by atoms with Gasteiger partial charge in [-0.2, -0.15) is 0 Å². The number of amides is 2. The largest absolute Gasteiger partial charge is 0.492 e. The van der Waals surface area contributed by atoms with Crippen LogP contribution in [0.2, 0.25) is 0 Å². The van der Waals surface area contributed by atoms with Crippen molar-refractivity contribution in [2.45, 2.75) is 20.3 Å². The summed E-state index contributed by atoms with van der Waals surface area (Å²) in [6.45, 7) is 4.65. The zero-order chi connectivity index (χ0) is 20.8. The molecule has 0 bridgehead atoms. The van der Waals surface area contributed by atoms with E-state index >= 15 is 0 Å². The molecule has 7 heteroatoms. The molecule has 29 heavy (non-hydrogen) atoms. The minimum atomic E-state index is -0.200. The summed E-state index contributed by atoms with van der Waals surface area (Å²) in [5, 5.41) is 2.84. The lowest BCUT2D eigenvalue weighted by Crippen LogP contribution is -2.31. The molecule has 5 nitrogen and oxygen atoms in total. The van der Waals surface area contributed by atoms with E-state index in [9.17, 15) is 9.59 Å². The zero-order valence-corrected chi connectivity index (χ0v) is 17.9. The highest BCUT2D eigenvalue weighted by Crippen LogP contribution is 2.32. The van der Waals surface area contributed by atoms with Gasteiger partial charge >= 0.3 is 0 Å². The summed E-state index contributed by atoms with van der Waals surface area (Å²) in [6.07, 6.45) is 1.97. The third kappa shape index (κ3) is 5.46. The van der Waals surface area contributed by atoms with Crippen LogP contribution >= 0.6 is 24.0 Å². The normalized spacial score (nSPS) is 15.1. The molecular weight excluding hydrogens is 404 g/mol. The summed E-state index contributed by atoms with van der Waals surface area (Å²) < 4.78 is 5.99. The predicted molar refractivity (Wildman–Crippen MR) is 122 cm³/mol. The van der Waals surface area contributed by atoms with Crippen molar-refractivity contribution in [2.24, 2.45) is 0 Å². The Hall–Kier alpha value is -2.64. The van der Waals surface area contributed by atoms with E-state index in [1.807, 2.05) is 56.3 Å². The number of benzene rings is 2. The first-order chi connectivity index (χ1) is 14.0. The summed E-state index contributed by atoms with van der Waals surface area (Å²) in [5.41, 5.74) is 2.72. The number of ether oxygens (including phenoxy) is 1. The number of nitrogens with one attached hydrogen (secondary N) is 1. The molecule has 150 valence electrons. The van der Waals surface area contributed by atoms with Gasteiger partial charge in [-0.3, -0.25) is 14.5 Å². The molecule has 1 fully saturated rings. The van der Waals surface area contributed by atoms with Gasteiger partial charge in [-0.25, -0.2) is 0 Å². The van der Waals surface area contributed by atoms with Crippen molar-refractivity contribution < 1.29 is 14.3 Å². The van der Waals surface area contributed by atoms with E-state index in [1.54, 1.807) is 12.1 Å². The molecule has 0 atom stereocenters. The summed E-state index contributed by atoms with van der Waals surface area (Å²) in [6, 6.07) is 15.2. The summed E-state index contributed by atoms with van der Waals surface area (Å²) >= 11 is 6.61. The lowest BCUT2D eigenvalue weighted by molar-refractivity contribution is -0.122. The molecule has 0 saturated carbocycles. The van der Waals surface area contributed by atoms with Crippen molar-refractivity contribution in [1.29, 1.82) is 0 Å². The second kappa shape index (κ2) is 9.71. The van der Waals surface area contributed by atoms with Gasteiger partial charge < -0.3 is 10.1 Å². The molecule has 0 aliphatic carbocycles. The van der Waals surface area contributed by atoms with E-state index in [2.05, 4.69) is 5.32 Å². The number of carbonyl (C=O) groups excluding carboxylic acids is 2. The smallest absolute Gasteiger partial charge is 0.266 e. The number of thioether (sulfide) groups is 1. The first-order valence-corrected chi connectivity index (χ1v) is 10.5. The van der Waals surface area contributed by atoms with E-state index in [1.165, 1.54) is 16.7 Å². The van der Waals surface area contributed by atoms with E-state index in [0.717, 1.165) is 11.1 Å². The maximum atomic E-state index is 12.7. The quantitative estimate of drug-likeness (QED) is 0.517. The molecular formula is C22H22N2O3S2. The van der Waals surface area contributed by atoms with Gasteiger partial charge in [0, 0.05) is 13.0 Å². The number of hydrogen-bond acceptors (Lipinski definition) is 5. The molecule has 3 rings (SSSR count). The van der Waals surface area contributed by atoms with Crippen LogP contribution in [0.25, 0.3) is 6.08 Å². The molecule has 1 N–H and O–H groups in total. The Labute approximate surface area is 180 Å². The Bertz CT molecular complexity index is 955. The Balaban J connectivity index is 1.60. The second-order valence-electron chi connectivity index (χ2n) is 6.47. The van der Waals surface area contributed by atoms with Crippen LogP contribution in [0.15, 0.2) is 53.4 Å². The van der Waals surface area contributed by atoms with Crippen LogP contribution in [0, 0.1) is 6.92 Å². The fourth-order valence-corrected chi connectivity index (χ4v) is 4.09. The highest BCUT2D eigenvalue weighted by Gasteiger charge is 2.32. The summed E-state index contributed by atoms with van der Waals surface area (Å²) in [4.78, 5) is 27.1. The molecule has 0 spiro atoms. The highest BCUT2D eigenvalue weighted by molar-refractivity contribution is 8.26. The van der Waals surface area contributed by atoms with E-state index in [0.29, 0.717) is 27.3 Å². The van der Waals surface area contributed by atoms with Crippen molar-refractivity contribution in [1.82, 2.24) is 4.90 Å². The Kier molecular flexibility index (Phi) is 7.06. The van der Waals surface area contributed by atoms with Crippen molar-refractivity contribution >= 4 is 51.9 Å². The zero-order valence-electron chi connectivity index (χ0n) is 16.3. The van der Waals surface area contributed by atoms with E-state index < -0.39 is 0 Å². The number of rotatable bonds is 7. The number of para-hydroxylation sites is 2. The van der Waals surface area contributed by atoms with Crippen LogP contribution in [-0.4, -0.2) is 34.2 Å². The van der Waals surface area contributed by atoms with Gasteiger partial charge in [-0.05, 0) is 37.6 Å². The van der Waals surface area contributed by atoms with Gasteiger partial charge in [0.25, 0.3) is 5.91 Å². The number of aryl methyl sites for hydroxylation is 1. The maximum Gasteiger partial charge on any atom is 0.266 e. The van der Waals surface area contributed by atoms with Gasteiger partial charge in [0.2, 0.25) is 5.91 Å². The molecule has 1 aliphatic rings. The van der Waals surface area contributed by atoms with Crippen molar-refractivity contribution in [3.63, 3.8) is 0 Å². The first kappa shape index (κ1) is 21.1. The number of anilines is 1. The highest BCUT2D eigenvalue weighted by atomic mass is 32.2. The minimum absolute atomic E-state index is 0.144. The third-order valence-electron chi connectivity index (χ3n) is 4.27. The van der Waals surface area contributed by atoms with Crippen LogP contribution in [-0.2, 0) is 9.59 Å².